The molecule has 0 fully saturated rings. The van der Waals surface area contributed by atoms with Crippen molar-refractivity contribution in [3.63, 3.8) is 0 Å². The van der Waals surface area contributed by atoms with Crippen LogP contribution in [0.15, 0.2) is 0 Å². The second kappa shape index (κ2) is 5.50. The number of carbonyl (C=O) groups excluding carboxylic acids is 1. The summed E-state index contributed by atoms with van der Waals surface area (Å²) in [7, 11) is 1.80. The Morgan fingerprint density at radius 2 is 2.06 bits per heavy atom. The van der Waals surface area contributed by atoms with E-state index in [0.29, 0.717) is 0 Å². The molecule has 1 amide bonds. The zero-order valence-corrected chi connectivity index (χ0v) is 12.2. The second-order valence-electron chi connectivity index (χ2n) is 5.81. The SMILES string of the molecule is CCCc1nc(C(=O)N(C)C(C)C(C)(C)C)n[nH]1. The minimum absolute atomic E-state index is 0.0347. The van der Waals surface area contributed by atoms with Gasteiger partial charge in [0.05, 0.1) is 0 Å². The summed E-state index contributed by atoms with van der Waals surface area (Å²) in [6.07, 6.45) is 1.80. The van der Waals surface area contributed by atoms with Gasteiger partial charge < -0.3 is 4.90 Å². The summed E-state index contributed by atoms with van der Waals surface area (Å²) < 4.78 is 0. The van der Waals surface area contributed by atoms with Crippen molar-refractivity contribution in [2.75, 3.05) is 7.05 Å². The Morgan fingerprint density at radius 3 is 2.56 bits per heavy atom. The molecule has 1 unspecified atom stereocenters. The molecule has 1 aromatic heterocycles. The van der Waals surface area contributed by atoms with Gasteiger partial charge in [0, 0.05) is 19.5 Å². The lowest BCUT2D eigenvalue weighted by Crippen LogP contribution is -2.43. The van der Waals surface area contributed by atoms with E-state index in [4.69, 9.17) is 0 Å². The van der Waals surface area contributed by atoms with Crippen LogP contribution in [0.5, 0.6) is 0 Å². The van der Waals surface area contributed by atoms with E-state index < -0.39 is 0 Å². The lowest BCUT2D eigenvalue weighted by Gasteiger charge is -2.34. The first kappa shape index (κ1) is 14.7. The maximum atomic E-state index is 12.2. The van der Waals surface area contributed by atoms with Gasteiger partial charge in [-0.1, -0.05) is 27.7 Å². The summed E-state index contributed by atoms with van der Waals surface area (Å²) >= 11 is 0. The summed E-state index contributed by atoms with van der Waals surface area (Å²) in [4.78, 5) is 18.2. The van der Waals surface area contributed by atoms with Crippen molar-refractivity contribution < 1.29 is 4.79 Å². The molecule has 0 aliphatic heterocycles. The van der Waals surface area contributed by atoms with Gasteiger partial charge in [-0.25, -0.2) is 4.98 Å². The van der Waals surface area contributed by atoms with Crippen LogP contribution in [-0.2, 0) is 6.42 Å². The molecule has 0 radical (unpaired) electrons. The van der Waals surface area contributed by atoms with Crippen LogP contribution in [0.4, 0.5) is 0 Å². The van der Waals surface area contributed by atoms with Crippen molar-refractivity contribution in [1.29, 1.82) is 0 Å². The fraction of sp³-hybridized carbons (Fsp3) is 0.769. The molecule has 0 saturated heterocycles. The molecular weight excluding hydrogens is 228 g/mol. The Morgan fingerprint density at radius 1 is 1.44 bits per heavy atom. The number of nitrogens with zero attached hydrogens (tertiary/aromatic N) is 3. The Kier molecular flexibility index (Phi) is 4.48. The highest BCUT2D eigenvalue weighted by molar-refractivity contribution is 5.90. The van der Waals surface area contributed by atoms with Crippen molar-refractivity contribution in [3.05, 3.63) is 11.6 Å². The summed E-state index contributed by atoms with van der Waals surface area (Å²) in [5.41, 5.74) is 0.0347. The van der Waals surface area contributed by atoms with E-state index in [9.17, 15) is 4.79 Å². The predicted octanol–water partition coefficient (Wildman–Crippen LogP) is 2.26. The summed E-state index contributed by atoms with van der Waals surface area (Å²) in [5, 5.41) is 6.80. The standard InChI is InChI=1S/C13H24N4O/c1-7-8-10-14-11(16-15-10)12(18)17(6)9(2)13(3,4)5/h9H,7-8H2,1-6H3,(H,14,15,16). The third-order valence-corrected chi connectivity index (χ3v) is 3.36. The Balaban J connectivity index is 2.80. The Bertz CT molecular complexity index is 405. The highest BCUT2D eigenvalue weighted by Gasteiger charge is 2.29. The van der Waals surface area contributed by atoms with E-state index in [2.05, 4.69) is 42.9 Å². The van der Waals surface area contributed by atoms with Crippen LogP contribution in [0.25, 0.3) is 0 Å². The third kappa shape index (κ3) is 3.31. The van der Waals surface area contributed by atoms with Gasteiger partial charge in [0.25, 0.3) is 5.91 Å². The number of H-pyrrole nitrogens is 1. The van der Waals surface area contributed by atoms with Crippen LogP contribution in [0.2, 0.25) is 0 Å². The highest BCUT2D eigenvalue weighted by Crippen LogP contribution is 2.23. The van der Waals surface area contributed by atoms with Gasteiger partial charge in [-0.15, -0.1) is 5.10 Å². The van der Waals surface area contributed by atoms with Crippen molar-refractivity contribution >= 4 is 5.91 Å². The second-order valence-corrected chi connectivity index (χ2v) is 5.81. The van der Waals surface area contributed by atoms with Crippen LogP contribution < -0.4 is 0 Å². The van der Waals surface area contributed by atoms with Gasteiger partial charge in [-0.3, -0.25) is 9.89 Å². The molecule has 1 aromatic rings. The maximum absolute atomic E-state index is 12.2. The maximum Gasteiger partial charge on any atom is 0.293 e. The molecule has 0 aliphatic rings. The van der Waals surface area contributed by atoms with E-state index in [-0.39, 0.29) is 23.2 Å². The molecule has 0 bridgehead atoms. The monoisotopic (exact) mass is 252 g/mol. The summed E-state index contributed by atoms with van der Waals surface area (Å²) in [5.74, 6) is 0.908. The Hall–Kier alpha value is -1.39. The van der Waals surface area contributed by atoms with E-state index in [1.165, 1.54) is 0 Å². The molecule has 1 rings (SSSR count). The molecule has 1 heterocycles. The number of hydrogen-bond acceptors (Lipinski definition) is 3. The quantitative estimate of drug-likeness (QED) is 0.894. The fourth-order valence-corrected chi connectivity index (χ4v) is 1.65. The minimum atomic E-state index is -0.129. The first-order valence-electron chi connectivity index (χ1n) is 6.45. The van der Waals surface area contributed by atoms with Crippen LogP contribution in [0.3, 0.4) is 0 Å². The van der Waals surface area contributed by atoms with Crippen LogP contribution in [0.1, 0.15) is 57.5 Å². The molecule has 0 saturated carbocycles. The number of hydrogen-bond donors (Lipinski definition) is 1. The molecule has 5 nitrogen and oxygen atoms in total. The largest absolute Gasteiger partial charge is 0.336 e. The third-order valence-electron chi connectivity index (χ3n) is 3.36. The van der Waals surface area contributed by atoms with Gasteiger partial charge in [-0.05, 0) is 18.8 Å². The lowest BCUT2D eigenvalue weighted by atomic mass is 9.87. The van der Waals surface area contributed by atoms with Gasteiger partial charge in [0.15, 0.2) is 0 Å². The molecule has 18 heavy (non-hydrogen) atoms. The number of aromatic nitrogens is 3. The molecule has 0 spiro atoms. The fourth-order valence-electron chi connectivity index (χ4n) is 1.65. The number of carbonyl (C=O) groups is 1. The molecule has 1 atom stereocenters. The van der Waals surface area contributed by atoms with E-state index in [1.807, 2.05) is 6.92 Å². The average Bonchev–Trinajstić information content (AvgIpc) is 2.74. The van der Waals surface area contributed by atoms with Crippen molar-refractivity contribution in [2.45, 2.75) is 53.5 Å². The molecule has 1 N–H and O–H groups in total. The number of nitrogens with one attached hydrogen (secondary N) is 1. The van der Waals surface area contributed by atoms with E-state index in [1.54, 1.807) is 11.9 Å². The normalized spacial score (nSPS) is 13.4. The number of aromatic amines is 1. The highest BCUT2D eigenvalue weighted by atomic mass is 16.2. The van der Waals surface area contributed by atoms with Crippen molar-refractivity contribution in [3.8, 4) is 0 Å². The number of rotatable bonds is 4. The van der Waals surface area contributed by atoms with Crippen LogP contribution >= 0.6 is 0 Å². The van der Waals surface area contributed by atoms with Gasteiger partial charge in [0.1, 0.15) is 5.82 Å². The number of amides is 1. The zero-order chi connectivity index (χ0) is 13.9. The van der Waals surface area contributed by atoms with Gasteiger partial charge in [0.2, 0.25) is 5.82 Å². The topological polar surface area (TPSA) is 61.9 Å². The first-order valence-corrected chi connectivity index (χ1v) is 6.45. The molecular formula is C13H24N4O. The van der Waals surface area contributed by atoms with Crippen molar-refractivity contribution in [1.82, 2.24) is 20.1 Å². The van der Waals surface area contributed by atoms with Crippen molar-refractivity contribution in [2.24, 2.45) is 5.41 Å². The van der Waals surface area contributed by atoms with E-state index >= 15 is 0 Å². The summed E-state index contributed by atoms with van der Waals surface area (Å²) in [6, 6.07) is 0.123. The Labute approximate surface area is 109 Å². The van der Waals surface area contributed by atoms with Crippen LogP contribution in [-0.4, -0.2) is 39.1 Å². The lowest BCUT2D eigenvalue weighted by molar-refractivity contribution is 0.0617. The number of aryl methyl sites for hydroxylation is 1. The molecule has 102 valence electrons. The predicted molar refractivity (Wildman–Crippen MR) is 71.4 cm³/mol. The summed E-state index contributed by atoms with van der Waals surface area (Å²) in [6.45, 7) is 10.4. The van der Waals surface area contributed by atoms with Gasteiger partial charge in [-0.2, -0.15) is 0 Å². The van der Waals surface area contributed by atoms with E-state index in [0.717, 1.165) is 18.7 Å². The average molecular weight is 252 g/mol. The molecule has 5 heteroatoms. The molecule has 0 aromatic carbocycles. The van der Waals surface area contributed by atoms with Gasteiger partial charge >= 0.3 is 0 Å². The van der Waals surface area contributed by atoms with Crippen LogP contribution in [0, 0.1) is 5.41 Å². The minimum Gasteiger partial charge on any atom is -0.336 e. The molecule has 0 aliphatic carbocycles. The zero-order valence-electron chi connectivity index (χ0n) is 12.2. The smallest absolute Gasteiger partial charge is 0.293 e. The first-order chi connectivity index (χ1) is 8.27.